The Morgan fingerprint density at radius 2 is 0.839 bits per heavy atom. The Hall–Kier alpha value is -7.63. The van der Waals surface area contributed by atoms with Crippen LogP contribution in [0.25, 0.3) is 72.8 Å². The van der Waals surface area contributed by atoms with E-state index >= 15 is 0 Å². The van der Waals surface area contributed by atoms with Crippen molar-refractivity contribution in [2.75, 3.05) is 4.90 Å². The highest BCUT2D eigenvalue weighted by Crippen LogP contribution is 2.39. The molecular formula is C51H35N5. The minimum Gasteiger partial charge on any atom is -0.311 e. The van der Waals surface area contributed by atoms with E-state index in [0.717, 1.165) is 84.1 Å². The van der Waals surface area contributed by atoms with Crippen molar-refractivity contribution in [2.45, 2.75) is 0 Å². The normalized spacial score (nSPS) is 11.2. The number of anilines is 3. The van der Waals surface area contributed by atoms with Crippen molar-refractivity contribution in [2.24, 2.45) is 0 Å². The summed E-state index contributed by atoms with van der Waals surface area (Å²) in [5, 5.41) is 1.05. The number of hydrogen-bond acceptors (Lipinski definition) is 4. The molecule has 0 amide bonds. The van der Waals surface area contributed by atoms with E-state index in [2.05, 4.69) is 179 Å². The predicted molar refractivity (Wildman–Crippen MR) is 230 cm³/mol. The maximum atomic E-state index is 5.08. The van der Waals surface area contributed by atoms with Crippen LogP contribution in [0.5, 0.6) is 0 Å². The van der Waals surface area contributed by atoms with Crippen LogP contribution in [-0.4, -0.2) is 19.4 Å². The van der Waals surface area contributed by atoms with Crippen LogP contribution < -0.4 is 4.90 Å². The van der Waals surface area contributed by atoms with Crippen molar-refractivity contribution >= 4 is 33.6 Å². The largest absolute Gasteiger partial charge is 0.311 e. The topological polar surface area (TPSA) is 46.3 Å². The molecule has 0 atom stereocenters. The number of pyridine rings is 1. The molecule has 0 aliphatic carbocycles. The maximum Gasteiger partial charge on any atom is 0.160 e. The highest BCUT2D eigenvalue weighted by atomic mass is 15.1. The fourth-order valence-electron chi connectivity index (χ4n) is 7.50. The zero-order valence-electron chi connectivity index (χ0n) is 30.4. The molecule has 0 radical (unpaired) electrons. The average molecular weight is 718 g/mol. The molecule has 0 aliphatic heterocycles. The number of aromatic nitrogens is 4. The number of para-hydroxylation sites is 2. The first-order chi connectivity index (χ1) is 27.8. The Bertz CT molecular complexity index is 2920. The van der Waals surface area contributed by atoms with E-state index < -0.39 is 0 Å². The molecule has 0 N–H and O–H groups in total. The molecule has 7 aromatic carbocycles. The third kappa shape index (κ3) is 6.17. The summed E-state index contributed by atoms with van der Waals surface area (Å²) in [5.74, 6) is 0.714. The summed E-state index contributed by atoms with van der Waals surface area (Å²) in [6.07, 6.45) is 2.08. The summed E-state index contributed by atoms with van der Waals surface area (Å²) in [6, 6.07) is 71.7. The first-order valence-corrected chi connectivity index (χ1v) is 18.8. The number of fused-ring (bicyclic) bond motifs is 2. The molecule has 0 bridgehead atoms. The lowest BCUT2D eigenvalue weighted by atomic mass is 10.0. The minimum atomic E-state index is 0.714. The van der Waals surface area contributed by atoms with Crippen LogP contribution in [-0.2, 0) is 0 Å². The number of benzene rings is 7. The lowest BCUT2D eigenvalue weighted by molar-refractivity contribution is 1.19. The van der Waals surface area contributed by atoms with Crippen molar-refractivity contribution in [3.8, 4) is 56.3 Å². The number of rotatable bonds is 8. The van der Waals surface area contributed by atoms with Gasteiger partial charge in [-0.05, 0) is 65.7 Å². The Morgan fingerprint density at radius 1 is 0.339 bits per heavy atom. The fraction of sp³-hybridized carbons (Fsp3) is 0. The van der Waals surface area contributed by atoms with Gasteiger partial charge < -0.3 is 4.90 Å². The van der Waals surface area contributed by atoms with Gasteiger partial charge in [-0.15, -0.1) is 0 Å². The van der Waals surface area contributed by atoms with E-state index in [0.29, 0.717) is 5.82 Å². The fourth-order valence-corrected chi connectivity index (χ4v) is 7.50. The minimum absolute atomic E-state index is 0.714. The molecule has 10 rings (SSSR count). The predicted octanol–water partition coefficient (Wildman–Crippen LogP) is 13.1. The van der Waals surface area contributed by atoms with E-state index in [1.54, 1.807) is 0 Å². The van der Waals surface area contributed by atoms with Gasteiger partial charge in [-0.3, -0.25) is 4.40 Å². The van der Waals surface area contributed by atoms with E-state index in [4.69, 9.17) is 15.0 Å². The molecule has 264 valence electrons. The molecule has 3 heterocycles. The number of imidazole rings is 1. The maximum absolute atomic E-state index is 5.08. The van der Waals surface area contributed by atoms with Crippen LogP contribution in [0.3, 0.4) is 0 Å². The van der Waals surface area contributed by atoms with Gasteiger partial charge in [0.2, 0.25) is 0 Å². The monoisotopic (exact) mass is 717 g/mol. The second-order valence-corrected chi connectivity index (χ2v) is 13.7. The van der Waals surface area contributed by atoms with Gasteiger partial charge in [0.05, 0.1) is 22.6 Å². The van der Waals surface area contributed by atoms with Crippen molar-refractivity contribution in [1.29, 1.82) is 0 Å². The lowest BCUT2D eigenvalue weighted by Gasteiger charge is -2.26. The van der Waals surface area contributed by atoms with Gasteiger partial charge in [0.1, 0.15) is 5.65 Å². The Labute approximate surface area is 325 Å². The van der Waals surface area contributed by atoms with Gasteiger partial charge in [-0.1, -0.05) is 152 Å². The molecule has 5 heteroatoms. The molecule has 56 heavy (non-hydrogen) atoms. The third-order valence-corrected chi connectivity index (χ3v) is 10.2. The lowest BCUT2D eigenvalue weighted by Crippen LogP contribution is -2.09. The molecule has 0 saturated carbocycles. The Kier molecular flexibility index (Phi) is 8.43. The summed E-state index contributed by atoms with van der Waals surface area (Å²) in [7, 11) is 0. The average Bonchev–Trinajstić information content (AvgIpc) is 3.67. The molecule has 0 unspecified atom stereocenters. The molecule has 0 spiro atoms. The summed E-state index contributed by atoms with van der Waals surface area (Å²) in [4.78, 5) is 17.4. The van der Waals surface area contributed by atoms with E-state index in [9.17, 15) is 0 Å². The van der Waals surface area contributed by atoms with Gasteiger partial charge in [0.25, 0.3) is 0 Å². The highest BCUT2D eigenvalue weighted by molar-refractivity contribution is 5.93. The molecule has 10 aromatic rings. The van der Waals surface area contributed by atoms with Crippen molar-refractivity contribution in [1.82, 2.24) is 19.4 Å². The van der Waals surface area contributed by atoms with Crippen LogP contribution in [0.15, 0.2) is 212 Å². The van der Waals surface area contributed by atoms with Gasteiger partial charge in [0, 0.05) is 50.9 Å². The van der Waals surface area contributed by atoms with Crippen molar-refractivity contribution in [3.05, 3.63) is 212 Å². The summed E-state index contributed by atoms with van der Waals surface area (Å²) in [6.45, 7) is 0. The molecule has 0 aliphatic rings. The smallest absolute Gasteiger partial charge is 0.160 e. The van der Waals surface area contributed by atoms with Crippen LogP contribution in [0.1, 0.15) is 0 Å². The second kappa shape index (κ2) is 14.3. The van der Waals surface area contributed by atoms with Gasteiger partial charge >= 0.3 is 0 Å². The van der Waals surface area contributed by atoms with Crippen molar-refractivity contribution < 1.29 is 0 Å². The summed E-state index contributed by atoms with van der Waals surface area (Å²) < 4.78 is 2.17. The second-order valence-electron chi connectivity index (χ2n) is 13.7. The van der Waals surface area contributed by atoms with E-state index in [1.165, 1.54) is 0 Å². The van der Waals surface area contributed by atoms with Crippen LogP contribution in [0.2, 0.25) is 0 Å². The zero-order chi connectivity index (χ0) is 37.3. The van der Waals surface area contributed by atoms with Crippen LogP contribution in [0.4, 0.5) is 17.1 Å². The molecule has 3 aromatic heterocycles. The number of nitrogens with zero attached hydrogens (tertiary/aromatic N) is 5. The summed E-state index contributed by atoms with van der Waals surface area (Å²) in [5.41, 5.74) is 14.6. The van der Waals surface area contributed by atoms with E-state index in [-0.39, 0.29) is 0 Å². The van der Waals surface area contributed by atoms with Crippen LogP contribution in [0, 0.1) is 0 Å². The molecule has 0 fully saturated rings. The quantitative estimate of drug-likeness (QED) is 0.157. The number of hydrogen-bond donors (Lipinski definition) is 0. The SMILES string of the molecule is c1ccc(-c2nc(-c3ccc(-c4ccc(N(c5ccccc5)c5ccc(-c6nc7ccccn7c6-c6ccccc6)cc5)cc4)cc3)nc3ccccc23)cc1. The van der Waals surface area contributed by atoms with Gasteiger partial charge in [-0.2, -0.15) is 0 Å². The standard InChI is InChI=1S/C51H35N5/c1-4-14-38(15-5-1)48-45-20-10-11-21-46(45)52-51(54-48)41-25-23-36(24-26-41)37-27-31-43(32-28-37)56(42-18-8-3-9-19-42)44-33-29-39(30-34-44)49-50(40-16-6-2-7-17-40)55-35-13-12-22-47(55)53-49/h1-35H. The third-order valence-electron chi connectivity index (χ3n) is 10.2. The van der Waals surface area contributed by atoms with Crippen LogP contribution >= 0.6 is 0 Å². The Balaban J connectivity index is 0.962. The highest BCUT2D eigenvalue weighted by Gasteiger charge is 2.18. The molecule has 0 saturated heterocycles. The Morgan fingerprint density at radius 3 is 1.52 bits per heavy atom. The first kappa shape index (κ1) is 33.0. The van der Waals surface area contributed by atoms with E-state index in [1.807, 2.05) is 42.5 Å². The van der Waals surface area contributed by atoms with Gasteiger partial charge in [0.15, 0.2) is 5.82 Å². The summed E-state index contributed by atoms with van der Waals surface area (Å²) >= 11 is 0. The van der Waals surface area contributed by atoms with Crippen molar-refractivity contribution in [3.63, 3.8) is 0 Å². The van der Waals surface area contributed by atoms with Gasteiger partial charge in [-0.25, -0.2) is 15.0 Å². The first-order valence-electron chi connectivity index (χ1n) is 18.8. The zero-order valence-corrected chi connectivity index (χ0v) is 30.4. The molecule has 5 nitrogen and oxygen atoms in total. The molecular weight excluding hydrogens is 683 g/mol.